The van der Waals surface area contributed by atoms with E-state index in [1.807, 2.05) is 7.05 Å². The van der Waals surface area contributed by atoms with Crippen LogP contribution in [0.4, 0.5) is 0 Å². The number of hydrogen-bond acceptors (Lipinski definition) is 4. The summed E-state index contributed by atoms with van der Waals surface area (Å²) < 4.78 is 27.1. The van der Waals surface area contributed by atoms with Gasteiger partial charge in [-0.2, -0.15) is 4.31 Å². The lowest BCUT2D eigenvalue weighted by Crippen LogP contribution is -2.56. The second-order valence-electron chi connectivity index (χ2n) is 5.18. The van der Waals surface area contributed by atoms with Crippen molar-refractivity contribution in [2.45, 2.75) is 17.9 Å². The Balaban J connectivity index is 2.38. The van der Waals surface area contributed by atoms with Crippen LogP contribution in [0.15, 0.2) is 23.1 Å². The van der Waals surface area contributed by atoms with Gasteiger partial charge in [-0.1, -0.05) is 11.6 Å². The smallest absolute Gasteiger partial charge is 0.243 e. The first kappa shape index (κ1) is 15.7. The van der Waals surface area contributed by atoms with Gasteiger partial charge in [0.05, 0.1) is 10.9 Å². The molecule has 1 aromatic carbocycles. The first-order valence-electron chi connectivity index (χ1n) is 6.53. The fraction of sp³-hybridized carbons (Fsp3) is 0.538. The van der Waals surface area contributed by atoms with E-state index in [1.165, 1.54) is 4.31 Å². The number of halogens is 1. The Morgan fingerprint density at radius 3 is 2.70 bits per heavy atom. The summed E-state index contributed by atoms with van der Waals surface area (Å²) in [6.07, 6.45) is 0. The molecule has 1 atom stereocenters. The standard InChI is InChI=1S/C13H20ClN3O2S/c1-10-7-11(14)3-4-13(10)20(18,19)17-6-5-16(2)9-12(17)8-15/h3-4,7,12H,5-6,8-9,15H2,1-2H3. The second-order valence-corrected chi connectivity index (χ2v) is 7.47. The van der Waals surface area contributed by atoms with Gasteiger partial charge in [-0.05, 0) is 37.7 Å². The molecule has 0 bridgehead atoms. The number of benzene rings is 1. The van der Waals surface area contributed by atoms with Crippen LogP contribution < -0.4 is 5.73 Å². The molecule has 20 heavy (non-hydrogen) atoms. The van der Waals surface area contributed by atoms with Crippen LogP contribution in [0, 0.1) is 6.92 Å². The molecule has 112 valence electrons. The molecule has 2 N–H and O–H groups in total. The van der Waals surface area contributed by atoms with E-state index in [4.69, 9.17) is 17.3 Å². The molecular formula is C13H20ClN3O2S. The molecule has 7 heteroatoms. The summed E-state index contributed by atoms with van der Waals surface area (Å²) in [6.45, 7) is 3.90. The maximum absolute atomic E-state index is 12.8. The molecule has 1 heterocycles. The van der Waals surface area contributed by atoms with Gasteiger partial charge in [0, 0.05) is 31.2 Å². The lowest BCUT2D eigenvalue weighted by atomic mass is 10.2. The molecule has 0 amide bonds. The lowest BCUT2D eigenvalue weighted by molar-refractivity contribution is 0.164. The van der Waals surface area contributed by atoms with Crippen LogP contribution in [0.5, 0.6) is 0 Å². The highest BCUT2D eigenvalue weighted by molar-refractivity contribution is 7.89. The van der Waals surface area contributed by atoms with Gasteiger partial charge in [-0.15, -0.1) is 0 Å². The number of piperazine rings is 1. The highest BCUT2D eigenvalue weighted by Gasteiger charge is 2.35. The van der Waals surface area contributed by atoms with Crippen molar-refractivity contribution in [3.05, 3.63) is 28.8 Å². The molecular weight excluding hydrogens is 298 g/mol. The minimum atomic E-state index is -3.53. The third-order valence-corrected chi connectivity index (χ3v) is 5.97. The maximum Gasteiger partial charge on any atom is 0.243 e. The van der Waals surface area contributed by atoms with Gasteiger partial charge in [-0.3, -0.25) is 0 Å². The predicted molar refractivity (Wildman–Crippen MR) is 80.4 cm³/mol. The second kappa shape index (κ2) is 5.99. The molecule has 0 spiro atoms. The predicted octanol–water partition coefficient (Wildman–Crippen LogP) is 0.912. The van der Waals surface area contributed by atoms with E-state index >= 15 is 0 Å². The summed E-state index contributed by atoms with van der Waals surface area (Å²) in [5.74, 6) is 0. The molecule has 0 saturated carbocycles. The van der Waals surface area contributed by atoms with Crippen molar-refractivity contribution in [1.82, 2.24) is 9.21 Å². The van der Waals surface area contributed by atoms with Gasteiger partial charge < -0.3 is 10.6 Å². The third kappa shape index (κ3) is 2.99. The largest absolute Gasteiger partial charge is 0.329 e. The van der Waals surface area contributed by atoms with Crippen LogP contribution >= 0.6 is 11.6 Å². The molecule has 1 saturated heterocycles. The number of rotatable bonds is 3. The van der Waals surface area contributed by atoms with Gasteiger partial charge in [-0.25, -0.2) is 8.42 Å². The monoisotopic (exact) mass is 317 g/mol. The Labute approximate surface area is 125 Å². The van der Waals surface area contributed by atoms with Crippen molar-refractivity contribution in [2.75, 3.05) is 33.2 Å². The fourth-order valence-corrected chi connectivity index (χ4v) is 4.58. The summed E-state index contributed by atoms with van der Waals surface area (Å²) >= 11 is 5.89. The summed E-state index contributed by atoms with van der Waals surface area (Å²) in [5.41, 5.74) is 6.40. The van der Waals surface area contributed by atoms with E-state index < -0.39 is 10.0 Å². The van der Waals surface area contributed by atoms with Crippen LogP contribution in [0.2, 0.25) is 5.02 Å². The molecule has 1 aliphatic heterocycles. The normalized spacial score (nSPS) is 22.1. The summed E-state index contributed by atoms with van der Waals surface area (Å²) in [6, 6.07) is 4.66. The number of hydrogen-bond donors (Lipinski definition) is 1. The first-order chi connectivity index (χ1) is 9.36. The van der Waals surface area contributed by atoms with E-state index in [2.05, 4.69) is 4.90 Å². The molecule has 1 unspecified atom stereocenters. The molecule has 0 aromatic heterocycles. The first-order valence-corrected chi connectivity index (χ1v) is 8.34. The van der Waals surface area contributed by atoms with E-state index in [0.29, 0.717) is 41.7 Å². The van der Waals surface area contributed by atoms with E-state index in [-0.39, 0.29) is 6.04 Å². The summed E-state index contributed by atoms with van der Waals surface area (Å²) in [7, 11) is -1.55. The SMILES string of the molecule is Cc1cc(Cl)ccc1S(=O)(=O)N1CCN(C)CC1CN. The van der Waals surface area contributed by atoms with Crippen molar-refractivity contribution < 1.29 is 8.42 Å². The van der Waals surface area contributed by atoms with Gasteiger partial charge in [0.25, 0.3) is 0 Å². The number of likely N-dealkylation sites (N-methyl/N-ethyl adjacent to an activating group) is 1. The lowest BCUT2D eigenvalue weighted by Gasteiger charge is -2.38. The Kier molecular flexibility index (Phi) is 4.71. The Hall–Kier alpha value is -0.660. The molecule has 2 rings (SSSR count). The van der Waals surface area contributed by atoms with Gasteiger partial charge in [0.15, 0.2) is 0 Å². The minimum Gasteiger partial charge on any atom is -0.329 e. The van der Waals surface area contributed by atoms with Crippen LogP contribution in [0.25, 0.3) is 0 Å². The highest BCUT2D eigenvalue weighted by Crippen LogP contribution is 2.25. The molecule has 0 radical (unpaired) electrons. The minimum absolute atomic E-state index is 0.186. The Morgan fingerprint density at radius 2 is 2.10 bits per heavy atom. The average molecular weight is 318 g/mol. The molecule has 1 fully saturated rings. The number of sulfonamides is 1. The third-order valence-electron chi connectivity index (χ3n) is 3.63. The Bertz CT molecular complexity index is 591. The quantitative estimate of drug-likeness (QED) is 0.900. The van der Waals surface area contributed by atoms with Crippen LogP contribution in [-0.4, -0.2) is 56.9 Å². The van der Waals surface area contributed by atoms with Crippen molar-refractivity contribution in [3.63, 3.8) is 0 Å². The van der Waals surface area contributed by atoms with Crippen molar-refractivity contribution in [2.24, 2.45) is 5.73 Å². The van der Waals surface area contributed by atoms with Gasteiger partial charge in [0.2, 0.25) is 10.0 Å². The van der Waals surface area contributed by atoms with Crippen LogP contribution in [0.3, 0.4) is 0 Å². The summed E-state index contributed by atoms with van der Waals surface area (Å²) in [4.78, 5) is 2.41. The van der Waals surface area contributed by atoms with Crippen molar-refractivity contribution >= 4 is 21.6 Å². The number of aryl methyl sites for hydroxylation is 1. The van der Waals surface area contributed by atoms with Gasteiger partial charge >= 0.3 is 0 Å². The van der Waals surface area contributed by atoms with Crippen molar-refractivity contribution in [3.8, 4) is 0 Å². The average Bonchev–Trinajstić information content (AvgIpc) is 2.37. The van der Waals surface area contributed by atoms with E-state index in [1.54, 1.807) is 25.1 Å². The zero-order valence-electron chi connectivity index (χ0n) is 11.7. The number of nitrogens with two attached hydrogens (primary N) is 1. The fourth-order valence-electron chi connectivity index (χ4n) is 2.53. The molecule has 1 aromatic rings. The zero-order valence-corrected chi connectivity index (χ0v) is 13.3. The zero-order chi connectivity index (χ0) is 14.9. The van der Waals surface area contributed by atoms with E-state index in [9.17, 15) is 8.42 Å². The molecule has 5 nitrogen and oxygen atoms in total. The topological polar surface area (TPSA) is 66.6 Å². The van der Waals surface area contributed by atoms with Crippen molar-refractivity contribution in [1.29, 1.82) is 0 Å². The van der Waals surface area contributed by atoms with Gasteiger partial charge in [0.1, 0.15) is 0 Å². The maximum atomic E-state index is 12.8. The van der Waals surface area contributed by atoms with E-state index in [0.717, 1.165) is 0 Å². The Morgan fingerprint density at radius 1 is 1.40 bits per heavy atom. The van der Waals surface area contributed by atoms with Crippen LogP contribution in [-0.2, 0) is 10.0 Å². The molecule has 0 aliphatic carbocycles. The summed E-state index contributed by atoms with van der Waals surface area (Å²) in [5, 5.41) is 0.537. The highest BCUT2D eigenvalue weighted by atomic mass is 35.5. The van der Waals surface area contributed by atoms with Crippen LogP contribution in [0.1, 0.15) is 5.56 Å². The number of nitrogens with zero attached hydrogens (tertiary/aromatic N) is 2. The molecule has 1 aliphatic rings.